The fourth-order valence-corrected chi connectivity index (χ4v) is 3.69. The summed E-state index contributed by atoms with van der Waals surface area (Å²) < 4.78 is 7.59. The van der Waals surface area contributed by atoms with Crippen molar-refractivity contribution in [1.82, 2.24) is 14.3 Å². The molecule has 0 bridgehead atoms. The second-order valence-corrected chi connectivity index (χ2v) is 7.29. The standard InChI is InChI=1S/C23H25N5O2/c1-4-10-27(11-5-2)14-19-23(25-21-9-7-17(24)13-28(19)21)16-6-8-20-18(12-16)26(3)22(29)15-30-20/h4-9,12-13H,1-2,10-11,14-15,24H2,3H3. The number of hydrogen-bond donors (Lipinski definition) is 1. The third-order valence-corrected chi connectivity index (χ3v) is 5.21. The van der Waals surface area contributed by atoms with Gasteiger partial charge in [0, 0.05) is 44.1 Å². The topological polar surface area (TPSA) is 76.1 Å². The number of carbonyl (C=O) groups excluding carboxylic acids is 1. The summed E-state index contributed by atoms with van der Waals surface area (Å²) in [4.78, 5) is 20.8. The van der Waals surface area contributed by atoms with Crippen molar-refractivity contribution in [2.75, 3.05) is 37.4 Å². The highest BCUT2D eigenvalue weighted by Crippen LogP contribution is 2.36. The molecule has 7 heteroatoms. The number of rotatable bonds is 7. The zero-order chi connectivity index (χ0) is 21.3. The average molecular weight is 403 g/mol. The molecule has 2 N–H and O–H groups in total. The van der Waals surface area contributed by atoms with E-state index in [0.29, 0.717) is 18.0 Å². The molecule has 1 aromatic carbocycles. The van der Waals surface area contributed by atoms with Crippen molar-refractivity contribution in [3.63, 3.8) is 0 Å². The van der Waals surface area contributed by atoms with Gasteiger partial charge in [-0.1, -0.05) is 12.2 Å². The number of amides is 1. The molecule has 3 aromatic rings. The van der Waals surface area contributed by atoms with E-state index in [1.165, 1.54) is 0 Å². The van der Waals surface area contributed by atoms with Gasteiger partial charge in [-0.15, -0.1) is 13.2 Å². The summed E-state index contributed by atoms with van der Waals surface area (Å²) in [6.45, 7) is 9.86. The zero-order valence-electron chi connectivity index (χ0n) is 17.0. The van der Waals surface area contributed by atoms with Crippen LogP contribution in [0.2, 0.25) is 0 Å². The number of carbonyl (C=O) groups is 1. The number of hydrogen-bond acceptors (Lipinski definition) is 5. The van der Waals surface area contributed by atoms with E-state index in [9.17, 15) is 4.79 Å². The van der Waals surface area contributed by atoms with E-state index in [-0.39, 0.29) is 12.5 Å². The summed E-state index contributed by atoms with van der Waals surface area (Å²) in [7, 11) is 1.76. The van der Waals surface area contributed by atoms with E-state index in [1.54, 1.807) is 11.9 Å². The van der Waals surface area contributed by atoms with Crippen LogP contribution in [0.5, 0.6) is 5.75 Å². The monoisotopic (exact) mass is 403 g/mol. The van der Waals surface area contributed by atoms with Crippen LogP contribution in [-0.4, -0.2) is 46.9 Å². The molecule has 2 aromatic heterocycles. The molecule has 0 spiro atoms. The van der Waals surface area contributed by atoms with Gasteiger partial charge in [0.15, 0.2) is 6.61 Å². The van der Waals surface area contributed by atoms with Gasteiger partial charge in [-0.2, -0.15) is 0 Å². The predicted molar refractivity (Wildman–Crippen MR) is 120 cm³/mol. The number of ether oxygens (including phenoxy) is 1. The largest absolute Gasteiger partial charge is 0.482 e. The molecular weight excluding hydrogens is 378 g/mol. The maximum absolute atomic E-state index is 12.1. The minimum absolute atomic E-state index is 0.0554. The number of imidazole rings is 1. The zero-order valence-corrected chi connectivity index (χ0v) is 17.0. The summed E-state index contributed by atoms with van der Waals surface area (Å²) in [5, 5.41) is 0. The Morgan fingerprint density at radius 3 is 2.73 bits per heavy atom. The molecule has 0 atom stereocenters. The molecule has 1 amide bonds. The number of benzene rings is 1. The summed E-state index contributed by atoms with van der Waals surface area (Å²) in [6, 6.07) is 9.56. The molecule has 1 aliphatic rings. The van der Waals surface area contributed by atoms with Crippen LogP contribution in [0.15, 0.2) is 61.8 Å². The number of anilines is 2. The number of nitrogen functional groups attached to an aromatic ring is 1. The van der Waals surface area contributed by atoms with Crippen molar-refractivity contribution in [2.24, 2.45) is 0 Å². The van der Waals surface area contributed by atoms with Crippen molar-refractivity contribution < 1.29 is 9.53 Å². The maximum atomic E-state index is 12.1. The van der Waals surface area contributed by atoms with Gasteiger partial charge >= 0.3 is 0 Å². The number of nitrogens with two attached hydrogens (primary N) is 1. The van der Waals surface area contributed by atoms with Crippen molar-refractivity contribution >= 4 is 22.9 Å². The van der Waals surface area contributed by atoms with Gasteiger partial charge in [0.1, 0.15) is 11.4 Å². The van der Waals surface area contributed by atoms with Gasteiger partial charge in [-0.25, -0.2) is 4.98 Å². The fourth-order valence-electron chi connectivity index (χ4n) is 3.69. The minimum atomic E-state index is -0.0780. The molecule has 0 radical (unpaired) electrons. The normalized spacial score (nSPS) is 13.4. The number of pyridine rings is 1. The second kappa shape index (κ2) is 8.04. The van der Waals surface area contributed by atoms with Gasteiger partial charge in [0.2, 0.25) is 0 Å². The van der Waals surface area contributed by atoms with Gasteiger partial charge in [0.25, 0.3) is 5.91 Å². The molecular formula is C23H25N5O2. The smallest absolute Gasteiger partial charge is 0.264 e. The van der Waals surface area contributed by atoms with E-state index < -0.39 is 0 Å². The predicted octanol–water partition coefficient (Wildman–Crippen LogP) is 3.11. The molecule has 3 heterocycles. The Morgan fingerprint density at radius 2 is 2.00 bits per heavy atom. The number of fused-ring (bicyclic) bond motifs is 2. The van der Waals surface area contributed by atoms with E-state index in [2.05, 4.69) is 18.1 Å². The molecule has 0 fully saturated rings. The SMILES string of the molecule is C=CCN(CC=C)Cc1c(-c2ccc3c(c2)N(C)C(=O)CO3)nc2ccc(N)cn12. The van der Waals surface area contributed by atoms with Gasteiger partial charge in [-0.05, 0) is 30.3 Å². The lowest BCUT2D eigenvalue weighted by molar-refractivity contribution is -0.120. The molecule has 0 saturated carbocycles. The Hall–Kier alpha value is -3.58. The summed E-state index contributed by atoms with van der Waals surface area (Å²) in [5.41, 5.74) is 11.0. The van der Waals surface area contributed by atoms with Crippen LogP contribution in [-0.2, 0) is 11.3 Å². The number of aromatic nitrogens is 2. The molecule has 0 aliphatic carbocycles. The Morgan fingerprint density at radius 1 is 1.23 bits per heavy atom. The van der Waals surface area contributed by atoms with Gasteiger partial charge < -0.3 is 19.8 Å². The van der Waals surface area contributed by atoms with Crippen LogP contribution in [0.25, 0.3) is 16.9 Å². The first kappa shape index (κ1) is 19.7. The van der Waals surface area contributed by atoms with E-state index in [1.807, 2.05) is 53.1 Å². The Kier molecular flexibility index (Phi) is 5.29. The summed E-state index contributed by atoms with van der Waals surface area (Å²) in [5.74, 6) is 0.612. The molecule has 0 saturated heterocycles. The average Bonchev–Trinajstić information content (AvgIpc) is 3.08. The van der Waals surface area contributed by atoms with Crippen LogP contribution in [0.3, 0.4) is 0 Å². The van der Waals surface area contributed by atoms with Crippen molar-refractivity contribution in [1.29, 1.82) is 0 Å². The quantitative estimate of drug-likeness (QED) is 0.614. The highest BCUT2D eigenvalue weighted by molar-refractivity contribution is 5.98. The molecule has 1 aliphatic heterocycles. The second-order valence-electron chi connectivity index (χ2n) is 7.29. The van der Waals surface area contributed by atoms with Crippen molar-refractivity contribution in [3.05, 3.63) is 67.5 Å². The Balaban J connectivity index is 1.85. The molecule has 4 rings (SSSR count). The van der Waals surface area contributed by atoms with Crippen LogP contribution >= 0.6 is 0 Å². The van der Waals surface area contributed by atoms with Crippen LogP contribution in [0, 0.1) is 0 Å². The van der Waals surface area contributed by atoms with E-state index in [4.69, 9.17) is 15.5 Å². The third kappa shape index (κ3) is 3.55. The summed E-state index contributed by atoms with van der Waals surface area (Å²) >= 11 is 0. The van der Waals surface area contributed by atoms with Crippen molar-refractivity contribution in [2.45, 2.75) is 6.54 Å². The van der Waals surface area contributed by atoms with E-state index >= 15 is 0 Å². The first-order valence-corrected chi connectivity index (χ1v) is 9.76. The molecule has 154 valence electrons. The number of nitrogens with zero attached hydrogens (tertiary/aromatic N) is 4. The Bertz CT molecular complexity index is 1120. The number of likely N-dealkylation sites (N-methyl/N-ethyl adjacent to an activating group) is 1. The fraction of sp³-hybridized carbons (Fsp3) is 0.217. The first-order chi connectivity index (χ1) is 14.5. The maximum Gasteiger partial charge on any atom is 0.264 e. The minimum Gasteiger partial charge on any atom is -0.482 e. The summed E-state index contributed by atoms with van der Waals surface area (Å²) in [6.07, 6.45) is 5.63. The molecule has 0 unspecified atom stereocenters. The lowest BCUT2D eigenvalue weighted by Crippen LogP contribution is -2.35. The van der Waals surface area contributed by atoms with Crippen LogP contribution in [0.4, 0.5) is 11.4 Å². The van der Waals surface area contributed by atoms with Crippen LogP contribution in [0.1, 0.15) is 5.69 Å². The highest BCUT2D eigenvalue weighted by Gasteiger charge is 2.24. The molecule has 30 heavy (non-hydrogen) atoms. The third-order valence-electron chi connectivity index (χ3n) is 5.21. The highest BCUT2D eigenvalue weighted by atomic mass is 16.5. The van der Waals surface area contributed by atoms with Crippen molar-refractivity contribution in [3.8, 4) is 17.0 Å². The lowest BCUT2D eigenvalue weighted by Gasteiger charge is -2.26. The lowest BCUT2D eigenvalue weighted by atomic mass is 10.1. The Labute approximate surface area is 175 Å². The molecule has 7 nitrogen and oxygen atoms in total. The van der Waals surface area contributed by atoms with Gasteiger partial charge in [-0.3, -0.25) is 9.69 Å². The van der Waals surface area contributed by atoms with Crippen LogP contribution < -0.4 is 15.4 Å². The van der Waals surface area contributed by atoms with E-state index in [0.717, 1.165) is 41.4 Å². The first-order valence-electron chi connectivity index (χ1n) is 9.76. The van der Waals surface area contributed by atoms with Gasteiger partial charge in [0.05, 0.1) is 17.1 Å².